The molecule has 0 amide bonds. The zero-order valence-corrected chi connectivity index (χ0v) is 15.2. The van der Waals surface area contributed by atoms with E-state index in [4.69, 9.17) is 14.2 Å². The Balaban J connectivity index is 2.26. The van der Waals surface area contributed by atoms with E-state index < -0.39 is 0 Å². The second kappa shape index (κ2) is 6.61. The lowest BCUT2D eigenvalue weighted by atomic mass is 9.87. The number of ether oxygens (including phenoxy) is 3. The minimum atomic E-state index is 0.0840. The summed E-state index contributed by atoms with van der Waals surface area (Å²) in [5.41, 5.74) is 1.33. The minimum absolute atomic E-state index is 0.0840. The van der Waals surface area contributed by atoms with Crippen molar-refractivity contribution in [2.75, 3.05) is 14.2 Å². The summed E-state index contributed by atoms with van der Waals surface area (Å²) in [7, 11) is 3.22. The van der Waals surface area contributed by atoms with Gasteiger partial charge in [0, 0.05) is 10.5 Å². The Kier molecular flexibility index (Phi) is 5.01. The van der Waals surface area contributed by atoms with E-state index >= 15 is 0 Å². The van der Waals surface area contributed by atoms with E-state index in [-0.39, 0.29) is 5.41 Å². The number of benzene rings is 2. The number of methoxy groups -OCH3 is 2. The van der Waals surface area contributed by atoms with Crippen LogP contribution in [0.5, 0.6) is 23.0 Å². The monoisotopic (exact) mass is 364 g/mol. The third-order valence-corrected chi connectivity index (χ3v) is 4.00. The minimum Gasteiger partial charge on any atom is -0.493 e. The molecule has 0 unspecified atom stereocenters. The van der Waals surface area contributed by atoms with Gasteiger partial charge < -0.3 is 14.2 Å². The van der Waals surface area contributed by atoms with Crippen molar-refractivity contribution in [1.82, 2.24) is 0 Å². The average Bonchev–Trinajstić information content (AvgIpc) is 2.45. The molecule has 0 aliphatic rings. The zero-order valence-electron chi connectivity index (χ0n) is 13.6. The van der Waals surface area contributed by atoms with Crippen molar-refractivity contribution in [3.05, 3.63) is 46.4 Å². The Bertz CT molecular complexity index is 660. The molecule has 0 N–H and O–H groups in total. The van der Waals surface area contributed by atoms with Gasteiger partial charge in [0.2, 0.25) is 0 Å². The van der Waals surface area contributed by atoms with Crippen molar-refractivity contribution < 1.29 is 14.2 Å². The van der Waals surface area contributed by atoms with E-state index in [2.05, 4.69) is 42.8 Å². The third-order valence-electron chi connectivity index (χ3n) is 3.34. The number of hydrogen-bond donors (Lipinski definition) is 0. The summed E-state index contributed by atoms with van der Waals surface area (Å²) >= 11 is 3.62. The van der Waals surface area contributed by atoms with Gasteiger partial charge in [-0.25, -0.2) is 0 Å². The molecule has 0 spiro atoms. The molecule has 22 heavy (non-hydrogen) atoms. The van der Waals surface area contributed by atoms with E-state index in [9.17, 15) is 0 Å². The first-order chi connectivity index (χ1) is 10.3. The molecule has 0 radical (unpaired) electrons. The maximum absolute atomic E-state index is 5.90. The maximum Gasteiger partial charge on any atom is 0.164 e. The first kappa shape index (κ1) is 16.7. The van der Waals surface area contributed by atoms with Crippen LogP contribution < -0.4 is 14.2 Å². The average molecular weight is 365 g/mol. The Morgan fingerprint density at radius 1 is 0.818 bits per heavy atom. The van der Waals surface area contributed by atoms with Gasteiger partial charge in [-0.15, -0.1) is 0 Å². The third kappa shape index (κ3) is 3.74. The Labute approximate surface area is 140 Å². The van der Waals surface area contributed by atoms with Crippen LogP contribution in [0.15, 0.2) is 40.9 Å². The molecule has 0 aliphatic heterocycles. The standard InChI is InChI=1S/C18H21BrO3/c1-18(2,3)14-8-6-12(10-15(14)19)22-13-7-9-16(20-4)17(11-13)21-5/h6-11H,1-5H3. The van der Waals surface area contributed by atoms with Gasteiger partial charge in [0.05, 0.1) is 14.2 Å². The van der Waals surface area contributed by atoms with E-state index in [1.807, 2.05) is 30.3 Å². The van der Waals surface area contributed by atoms with Crippen molar-refractivity contribution in [1.29, 1.82) is 0 Å². The van der Waals surface area contributed by atoms with Crippen molar-refractivity contribution in [3.63, 3.8) is 0 Å². The van der Waals surface area contributed by atoms with E-state index in [0.717, 1.165) is 10.2 Å². The lowest BCUT2D eigenvalue weighted by molar-refractivity contribution is 0.352. The predicted molar refractivity (Wildman–Crippen MR) is 92.5 cm³/mol. The lowest BCUT2D eigenvalue weighted by Crippen LogP contribution is -2.11. The van der Waals surface area contributed by atoms with Crippen molar-refractivity contribution in [2.24, 2.45) is 0 Å². The second-order valence-electron chi connectivity index (χ2n) is 6.01. The molecule has 2 aromatic carbocycles. The highest BCUT2D eigenvalue weighted by Gasteiger charge is 2.17. The number of hydrogen-bond acceptors (Lipinski definition) is 3. The molecule has 0 bridgehead atoms. The topological polar surface area (TPSA) is 27.7 Å². The molecule has 2 aromatic rings. The van der Waals surface area contributed by atoms with E-state index in [1.165, 1.54) is 5.56 Å². The summed E-state index contributed by atoms with van der Waals surface area (Å²) in [6.45, 7) is 6.55. The molecule has 0 fully saturated rings. The van der Waals surface area contributed by atoms with Crippen LogP contribution in [0.2, 0.25) is 0 Å². The highest BCUT2D eigenvalue weighted by Crippen LogP contribution is 2.36. The molecule has 0 aromatic heterocycles. The fourth-order valence-corrected chi connectivity index (χ4v) is 3.14. The van der Waals surface area contributed by atoms with Gasteiger partial charge in [0.15, 0.2) is 11.5 Å². The molecule has 0 aliphatic carbocycles. The van der Waals surface area contributed by atoms with Crippen LogP contribution in [-0.2, 0) is 5.41 Å². The second-order valence-corrected chi connectivity index (χ2v) is 6.86. The van der Waals surface area contributed by atoms with Crippen LogP contribution >= 0.6 is 15.9 Å². The first-order valence-electron chi connectivity index (χ1n) is 7.05. The summed E-state index contributed by atoms with van der Waals surface area (Å²) in [5, 5.41) is 0. The fourth-order valence-electron chi connectivity index (χ4n) is 2.18. The van der Waals surface area contributed by atoms with Crippen LogP contribution in [0.3, 0.4) is 0 Å². The SMILES string of the molecule is COc1ccc(Oc2ccc(C(C)(C)C)c(Br)c2)cc1OC. The van der Waals surface area contributed by atoms with Crippen molar-refractivity contribution in [3.8, 4) is 23.0 Å². The normalized spacial score (nSPS) is 11.2. The Hall–Kier alpha value is -1.68. The highest BCUT2D eigenvalue weighted by molar-refractivity contribution is 9.10. The fraction of sp³-hybridized carbons (Fsp3) is 0.333. The molecule has 3 nitrogen and oxygen atoms in total. The lowest BCUT2D eigenvalue weighted by Gasteiger charge is -2.21. The van der Waals surface area contributed by atoms with Crippen LogP contribution in [0.4, 0.5) is 0 Å². The van der Waals surface area contributed by atoms with E-state index in [0.29, 0.717) is 17.2 Å². The molecule has 2 rings (SSSR count). The molecule has 0 saturated carbocycles. The summed E-state index contributed by atoms with van der Waals surface area (Å²) in [4.78, 5) is 0. The molecule has 0 saturated heterocycles. The summed E-state index contributed by atoms with van der Waals surface area (Å²) in [6.07, 6.45) is 0. The Morgan fingerprint density at radius 2 is 1.41 bits per heavy atom. The number of halogens is 1. The maximum atomic E-state index is 5.90. The largest absolute Gasteiger partial charge is 0.493 e. The van der Waals surface area contributed by atoms with Crippen LogP contribution in [0.1, 0.15) is 26.3 Å². The van der Waals surface area contributed by atoms with Gasteiger partial charge in [0.1, 0.15) is 11.5 Å². The molecule has 0 atom stereocenters. The van der Waals surface area contributed by atoms with Crippen LogP contribution in [0, 0.1) is 0 Å². The smallest absolute Gasteiger partial charge is 0.164 e. The Morgan fingerprint density at radius 3 is 1.95 bits per heavy atom. The predicted octanol–water partition coefficient (Wildman–Crippen LogP) is 5.56. The van der Waals surface area contributed by atoms with Gasteiger partial charge in [0.25, 0.3) is 0 Å². The van der Waals surface area contributed by atoms with E-state index in [1.54, 1.807) is 14.2 Å². The molecular formula is C18H21BrO3. The summed E-state index contributed by atoms with van der Waals surface area (Å²) in [5.74, 6) is 2.80. The summed E-state index contributed by atoms with van der Waals surface area (Å²) in [6, 6.07) is 11.5. The first-order valence-corrected chi connectivity index (χ1v) is 7.84. The van der Waals surface area contributed by atoms with Crippen LogP contribution in [0.25, 0.3) is 0 Å². The highest BCUT2D eigenvalue weighted by atomic mass is 79.9. The van der Waals surface area contributed by atoms with Gasteiger partial charge >= 0.3 is 0 Å². The molecule has 118 valence electrons. The van der Waals surface area contributed by atoms with Crippen molar-refractivity contribution >= 4 is 15.9 Å². The van der Waals surface area contributed by atoms with Gasteiger partial charge in [-0.2, -0.15) is 0 Å². The zero-order chi connectivity index (χ0) is 16.3. The van der Waals surface area contributed by atoms with Gasteiger partial charge in [-0.05, 0) is 35.2 Å². The molecule has 4 heteroatoms. The quantitative estimate of drug-likeness (QED) is 0.710. The van der Waals surface area contributed by atoms with Gasteiger partial charge in [-0.1, -0.05) is 42.8 Å². The summed E-state index contributed by atoms with van der Waals surface area (Å²) < 4.78 is 17.5. The van der Waals surface area contributed by atoms with Gasteiger partial charge in [-0.3, -0.25) is 0 Å². The molecular weight excluding hydrogens is 344 g/mol. The number of rotatable bonds is 4. The van der Waals surface area contributed by atoms with Crippen LogP contribution in [-0.4, -0.2) is 14.2 Å². The van der Waals surface area contributed by atoms with Crippen molar-refractivity contribution in [2.45, 2.75) is 26.2 Å². The molecule has 0 heterocycles.